The molecular weight excluding hydrogens is 429 g/mol. The number of halogens is 1. The second kappa shape index (κ2) is 7.94. The Labute approximate surface area is 188 Å². The second-order valence-corrected chi connectivity index (χ2v) is 9.32. The molecule has 0 aliphatic carbocycles. The molecule has 0 spiro atoms. The Kier molecular flexibility index (Phi) is 5.09. The highest BCUT2D eigenvalue weighted by molar-refractivity contribution is 7.11. The molecule has 10 heteroatoms. The van der Waals surface area contributed by atoms with Gasteiger partial charge in [0.15, 0.2) is 5.82 Å². The van der Waals surface area contributed by atoms with Gasteiger partial charge in [0.1, 0.15) is 17.3 Å². The quantitative estimate of drug-likeness (QED) is 0.514. The molecule has 1 amide bonds. The number of benzene rings is 1. The number of carbonyl (C=O) groups excluding carboxylic acids is 1. The minimum atomic E-state index is -0.293. The zero-order chi connectivity index (χ0) is 22.4. The van der Waals surface area contributed by atoms with E-state index in [1.54, 1.807) is 41.4 Å². The summed E-state index contributed by atoms with van der Waals surface area (Å²) < 4.78 is 16.7. The lowest BCUT2D eigenvalue weighted by atomic mass is 10.1. The van der Waals surface area contributed by atoms with E-state index in [1.807, 2.05) is 18.5 Å². The smallest absolute Gasteiger partial charge is 0.270 e. The standard InChI is InChI=1S/C22H22FN7OS/c1-12-19(25-13(2)32-12)17-11-24-29(3)20(17)22(31)26-16-8-9-30-18(10-16)27-21(28-30)14-4-6-15(23)7-5-14/h4-7,11,16H,8-10H2,1-3H3,(H,26,31). The van der Waals surface area contributed by atoms with Crippen molar-refractivity contribution in [3.8, 4) is 22.6 Å². The molecule has 0 bridgehead atoms. The van der Waals surface area contributed by atoms with Gasteiger partial charge >= 0.3 is 0 Å². The van der Waals surface area contributed by atoms with Crippen LogP contribution in [0.5, 0.6) is 0 Å². The predicted octanol–water partition coefficient (Wildman–Crippen LogP) is 3.30. The number of thiazole rings is 1. The van der Waals surface area contributed by atoms with Gasteiger partial charge in [0.25, 0.3) is 5.91 Å². The number of nitrogens with zero attached hydrogens (tertiary/aromatic N) is 6. The maximum Gasteiger partial charge on any atom is 0.270 e. The Morgan fingerprint density at radius 3 is 2.72 bits per heavy atom. The molecule has 0 saturated carbocycles. The van der Waals surface area contributed by atoms with Crippen LogP contribution in [0.4, 0.5) is 4.39 Å². The molecule has 1 aliphatic heterocycles. The molecule has 164 valence electrons. The van der Waals surface area contributed by atoms with Crippen molar-refractivity contribution in [1.82, 2.24) is 34.8 Å². The van der Waals surface area contributed by atoms with Gasteiger partial charge < -0.3 is 5.32 Å². The van der Waals surface area contributed by atoms with Gasteiger partial charge in [-0.2, -0.15) is 10.2 Å². The van der Waals surface area contributed by atoms with Crippen LogP contribution in [0.1, 0.15) is 32.6 Å². The van der Waals surface area contributed by atoms with Gasteiger partial charge in [-0.1, -0.05) is 0 Å². The first kappa shape index (κ1) is 20.5. The molecule has 1 aliphatic rings. The third-order valence-corrected chi connectivity index (χ3v) is 6.50. The molecule has 4 heterocycles. The number of aromatic nitrogens is 6. The molecule has 32 heavy (non-hydrogen) atoms. The number of nitrogens with one attached hydrogen (secondary N) is 1. The number of fused-ring (bicyclic) bond motifs is 1. The maximum atomic E-state index is 13.2. The summed E-state index contributed by atoms with van der Waals surface area (Å²) in [5, 5.41) is 12.9. The second-order valence-electron chi connectivity index (χ2n) is 7.91. The summed E-state index contributed by atoms with van der Waals surface area (Å²) in [6, 6.07) is 6.07. The van der Waals surface area contributed by atoms with Crippen molar-refractivity contribution in [2.75, 3.05) is 0 Å². The number of amides is 1. The fourth-order valence-electron chi connectivity index (χ4n) is 4.06. The number of carbonyl (C=O) groups is 1. The van der Waals surface area contributed by atoms with Crippen LogP contribution in [0.25, 0.3) is 22.6 Å². The Morgan fingerprint density at radius 1 is 1.22 bits per heavy atom. The molecule has 1 N–H and O–H groups in total. The van der Waals surface area contributed by atoms with E-state index in [2.05, 4.69) is 25.5 Å². The lowest BCUT2D eigenvalue weighted by Crippen LogP contribution is -2.41. The zero-order valence-electron chi connectivity index (χ0n) is 18.0. The molecule has 8 nitrogen and oxygen atoms in total. The first-order chi connectivity index (χ1) is 15.4. The van der Waals surface area contributed by atoms with Crippen molar-refractivity contribution < 1.29 is 9.18 Å². The summed E-state index contributed by atoms with van der Waals surface area (Å²) in [7, 11) is 1.76. The molecule has 3 aromatic heterocycles. The summed E-state index contributed by atoms with van der Waals surface area (Å²) >= 11 is 1.60. The van der Waals surface area contributed by atoms with E-state index in [9.17, 15) is 9.18 Å². The molecule has 1 atom stereocenters. The summed E-state index contributed by atoms with van der Waals surface area (Å²) in [5.74, 6) is 0.896. The molecule has 5 rings (SSSR count). The van der Waals surface area contributed by atoms with E-state index in [4.69, 9.17) is 0 Å². The third kappa shape index (κ3) is 3.70. The van der Waals surface area contributed by atoms with E-state index >= 15 is 0 Å². The Balaban J connectivity index is 1.35. The molecule has 0 saturated heterocycles. The number of hydrogen-bond acceptors (Lipinski definition) is 6. The van der Waals surface area contributed by atoms with Crippen LogP contribution in [0.2, 0.25) is 0 Å². The highest BCUT2D eigenvalue weighted by Gasteiger charge is 2.27. The number of aryl methyl sites for hydroxylation is 4. The largest absolute Gasteiger partial charge is 0.347 e. The van der Waals surface area contributed by atoms with Gasteiger partial charge in [-0.3, -0.25) is 9.48 Å². The minimum Gasteiger partial charge on any atom is -0.347 e. The maximum absolute atomic E-state index is 13.2. The van der Waals surface area contributed by atoms with Crippen LogP contribution >= 0.6 is 11.3 Å². The number of rotatable bonds is 4. The van der Waals surface area contributed by atoms with Crippen molar-refractivity contribution in [2.45, 2.75) is 39.3 Å². The van der Waals surface area contributed by atoms with Gasteiger partial charge in [0.05, 0.1) is 22.5 Å². The normalized spacial score (nSPS) is 15.6. The van der Waals surface area contributed by atoms with E-state index in [0.29, 0.717) is 24.5 Å². The molecule has 1 unspecified atom stereocenters. The van der Waals surface area contributed by atoms with Gasteiger partial charge in [-0.15, -0.1) is 11.3 Å². The SMILES string of the molecule is Cc1nc(-c2cnn(C)c2C(=O)NC2CCn3nc(-c4ccc(F)cc4)nc3C2)c(C)s1. The van der Waals surface area contributed by atoms with E-state index in [-0.39, 0.29) is 17.8 Å². The Hall–Kier alpha value is -3.40. The lowest BCUT2D eigenvalue weighted by Gasteiger charge is -2.23. The molecule has 4 aromatic rings. The molecule has 0 fully saturated rings. The average Bonchev–Trinajstić information content (AvgIpc) is 3.44. The van der Waals surface area contributed by atoms with Crippen LogP contribution in [0.3, 0.4) is 0 Å². The van der Waals surface area contributed by atoms with Crippen LogP contribution in [-0.4, -0.2) is 41.5 Å². The van der Waals surface area contributed by atoms with Gasteiger partial charge in [-0.25, -0.2) is 19.0 Å². The zero-order valence-corrected chi connectivity index (χ0v) is 18.8. The third-order valence-electron chi connectivity index (χ3n) is 5.62. The van der Waals surface area contributed by atoms with Gasteiger partial charge in [0.2, 0.25) is 0 Å². The monoisotopic (exact) mass is 451 g/mol. The molecule has 1 aromatic carbocycles. The van der Waals surface area contributed by atoms with Crippen molar-refractivity contribution in [1.29, 1.82) is 0 Å². The first-order valence-electron chi connectivity index (χ1n) is 10.4. The van der Waals surface area contributed by atoms with Crippen LogP contribution in [0, 0.1) is 19.7 Å². The van der Waals surface area contributed by atoms with Gasteiger partial charge in [-0.05, 0) is 44.5 Å². The number of hydrogen-bond donors (Lipinski definition) is 1. The summed E-state index contributed by atoms with van der Waals surface area (Å²) in [4.78, 5) is 23.5. The Morgan fingerprint density at radius 2 is 2.00 bits per heavy atom. The van der Waals surface area contributed by atoms with Crippen molar-refractivity contribution in [2.24, 2.45) is 7.05 Å². The fraction of sp³-hybridized carbons (Fsp3) is 0.318. The highest BCUT2D eigenvalue weighted by atomic mass is 32.1. The lowest BCUT2D eigenvalue weighted by molar-refractivity contribution is 0.0921. The topological polar surface area (TPSA) is 90.5 Å². The molecule has 0 radical (unpaired) electrons. The average molecular weight is 452 g/mol. The summed E-state index contributed by atoms with van der Waals surface area (Å²) in [5.41, 5.74) is 2.81. The van der Waals surface area contributed by atoms with E-state index < -0.39 is 0 Å². The van der Waals surface area contributed by atoms with Crippen LogP contribution < -0.4 is 5.32 Å². The van der Waals surface area contributed by atoms with E-state index in [1.165, 1.54) is 12.1 Å². The van der Waals surface area contributed by atoms with Crippen LogP contribution in [-0.2, 0) is 20.0 Å². The Bertz CT molecular complexity index is 1300. The summed E-state index contributed by atoms with van der Waals surface area (Å²) in [6.45, 7) is 4.61. The van der Waals surface area contributed by atoms with Crippen molar-refractivity contribution in [3.63, 3.8) is 0 Å². The minimum absolute atomic E-state index is 0.0683. The van der Waals surface area contributed by atoms with E-state index in [0.717, 1.165) is 39.0 Å². The fourth-order valence-corrected chi connectivity index (χ4v) is 4.89. The summed E-state index contributed by atoms with van der Waals surface area (Å²) in [6.07, 6.45) is 3.01. The first-order valence-corrected chi connectivity index (χ1v) is 11.2. The predicted molar refractivity (Wildman–Crippen MR) is 119 cm³/mol. The van der Waals surface area contributed by atoms with Crippen molar-refractivity contribution >= 4 is 17.2 Å². The highest BCUT2D eigenvalue weighted by Crippen LogP contribution is 2.30. The molecular formula is C22H22FN7OS. The van der Waals surface area contributed by atoms with Crippen LogP contribution in [0.15, 0.2) is 30.5 Å². The van der Waals surface area contributed by atoms with Crippen molar-refractivity contribution in [3.05, 3.63) is 57.7 Å². The van der Waals surface area contributed by atoms with Gasteiger partial charge in [0, 0.05) is 36.5 Å².